The van der Waals surface area contributed by atoms with E-state index in [0.29, 0.717) is 12.0 Å². The standard InChI is InChI=1S/C14H15NO3/c1-2-3-9-13(16)15-10-12(14(17)18)11-7-5-4-6-8-11/h1,4-8,12H,3,9-10H2,(H,15,16)(H,17,18). The summed E-state index contributed by atoms with van der Waals surface area (Å²) in [5, 5.41) is 11.7. The second-order valence-corrected chi connectivity index (χ2v) is 3.81. The number of carbonyl (C=O) groups excluding carboxylic acids is 1. The molecule has 4 heteroatoms. The van der Waals surface area contributed by atoms with Gasteiger partial charge in [0.25, 0.3) is 0 Å². The molecule has 1 atom stereocenters. The molecule has 0 aliphatic rings. The molecule has 2 N–H and O–H groups in total. The Morgan fingerprint density at radius 2 is 2.00 bits per heavy atom. The van der Waals surface area contributed by atoms with Crippen molar-refractivity contribution in [3.63, 3.8) is 0 Å². The maximum Gasteiger partial charge on any atom is 0.312 e. The highest BCUT2D eigenvalue weighted by Crippen LogP contribution is 2.14. The lowest BCUT2D eigenvalue weighted by molar-refractivity contribution is -0.138. The van der Waals surface area contributed by atoms with Crippen LogP contribution in [-0.2, 0) is 9.59 Å². The first-order valence-corrected chi connectivity index (χ1v) is 5.63. The minimum Gasteiger partial charge on any atom is -0.481 e. The molecule has 0 bridgehead atoms. The van der Waals surface area contributed by atoms with Crippen molar-refractivity contribution < 1.29 is 14.7 Å². The van der Waals surface area contributed by atoms with E-state index in [1.54, 1.807) is 24.3 Å². The van der Waals surface area contributed by atoms with E-state index in [0.717, 1.165) is 0 Å². The Bertz CT molecular complexity index is 448. The van der Waals surface area contributed by atoms with Crippen LogP contribution >= 0.6 is 0 Å². The van der Waals surface area contributed by atoms with Crippen molar-refractivity contribution in [2.75, 3.05) is 6.54 Å². The van der Waals surface area contributed by atoms with Gasteiger partial charge in [0.15, 0.2) is 0 Å². The molecule has 0 saturated carbocycles. The summed E-state index contributed by atoms with van der Waals surface area (Å²) in [6.07, 6.45) is 5.62. The summed E-state index contributed by atoms with van der Waals surface area (Å²) in [5.74, 6) is 0.442. The van der Waals surface area contributed by atoms with Gasteiger partial charge < -0.3 is 10.4 Å². The molecule has 1 rings (SSSR count). The van der Waals surface area contributed by atoms with Crippen LogP contribution in [0.15, 0.2) is 30.3 Å². The number of carboxylic acids is 1. The SMILES string of the molecule is C#CCCC(=O)NCC(C(=O)O)c1ccccc1. The minimum absolute atomic E-state index is 0.0722. The number of rotatable bonds is 6. The number of nitrogens with one attached hydrogen (secondary N) is 1. The van der Waals surface area contributed by atoms with E-state index >= 15 is 0 Å². The molecule has 0 spiro atoms. The fourth-order valence-electron chi connectivity index (χ4n) is 1.52. The second kappa shape index (κ2) is 7.13. The average molecular weight is 245 g/mol. The molecular formula is C14H15NO3. The van der Waals surface area contributed by atoms with Crippen LogP contribution in [0.25, 0.3) is 0 Å². The number of benzene rings is 1. The molecule has 1 unspecified atom stereocenters. The second-order valence-electron chi connectivity index (χ2n) is 3.81. The molecule has 0 aliphatic heterocycles. The van der Waals surface area contributed by atoms with Crippen molar-refractivity contribution in [1.82, 2.24) is 5.32 Å². The number of carboxylic acid groups (broad SMARTS) is 1. The number of aliphatic carboxylic acids is 1. The van der Waals surface area contributed by atoms with Gasteiger partial charge in [-0.25, -0.2) is 0 Å². The highest BCUT2D eigenvalue weighted by molar-refractivity contribution is 5.79. The Hall–Kier alpha value is -2.28. The molecule has 1 aromatic rings. The van der Waals surface area contributed by atoms with Crippen LogP contribution in [0.3, 0.4) is 0 Å². The van der Waals surface area contributed by atoms with E-state index in [9.17, 15) is 9.59 Å². The normalized spacial score (nSPS) is 11.3. The van der Waals surface area contributed by atoms with Gasteiger partial charge in [-0.1, -0.05) is 30.3 Å². The van der Waals surface area contributed by atoms with E-state index in [4.69, 9.17) is 11.5 Å². The van der Waals surface area contributed by atoms with Crippen LogP contribution in [0.5, 0.6) is 0 Å². The van der Waals surface area contributed by atoms with Crippen LogP contribution in [0.4, 0.5) is 0 Å². The third kappa shape index (κ3) is 4.30. The summed E-state index contributed by atoms with van der Waals surface area (Å²) in [5.41, 5.74) is 0.669. The van der Waals surface area contributed by atoms with Gasteiger partial charge in [0.1, 0.15) is 0 Å². The van der Waals surface area contributed by atoms with Crippen LogP contribution in [0, 0.1) is 12.3 Å². The Labute approximate surface area is 106 Å². The van der Waals surface area contributed by atoms with Gasteiger partial charge in [-0.2, -0.15) is 0 Å². The first kappa shape index (κ1) is 13.8. The maximum atomic E-state index is 11.4. The number of hydrogen-bond donors (Lipinski definition) is 2. The smallest absolute Gasteiger partial charge is 0.312 e. The first-order chi connectivity index (χ1) is 8.65. The summed E-state index contributed by atoms with van der Waals surface area (Å²) in [6.45, 7) is 0.0722. The summed E-state index contributed by atoms with van der Waals surface area (Å²) >= 11 is 0. The minimum atomic E-state index is -0.960. The molecule has 4 nitrogen and oxygen atoms in total. The average Bonchev–Trinajstić information content (AvgIpc) is 2.37. The van der Waals surface area contributed by atoms with Gasteiger partial charge in [0.2, 0.25) is 5.91 Å². The zero-order valence-corrected chi connectivity index (χ0v) is 9.93. The topological polar surface area (TPSA) is 66.4 Å². The fraction of sp³-hybridized carbons (Fsp3) is 0.286. The predicted molar refractivity (Wildman–Crippen MR) is 67.9 cm³/mol. The highest BCUT2D eigenvalue weighted by atomic mass is 16.4. The molecule has 1 amide bonds. The van der Waals surface area contributed by atoms with Gasteiger partial charge in [0.05, 0.1) is 5.92 Å². The lowest BCUT2D eigenvalue weighted by Crippen LogP contribution is -2.31. The third-order valence-corrected chi connectivity index (χ3v) is 2.50. The summed E-state index contributed by atoms with van der Waals surface area (Å²) < 4.78 is 0. The summed E-state index contributed by atoms with van der Waals surface area (Å²) in [4.78, 5) is 22.5. The molecular weight excluding hydrogens is 230 g/mol. The zero-order valence-electron chi connectivity index (χ0n) is 9.93. The van der Waals surface area contributed by atoms with Crippen molar-refractivity contribution in [1.29, 1.82) is 0 Å². The van der Waals surface area contributed by atoms with Crippen molar-refractivity contribution >= 4 is 11.9 Å². The molecule has 18 heavy (non-hydrogen) atoms. The van der Waals surface area contributed by atoms with Gasteiger partial charge in [-0.3, -0.25) is 9.59 Å². The van der Waals surface area contributed by atoms with Crippen molar-refractivity contribution in [3.05, 3.63) is 35.9 Å². The lowest BCUT2D eigenvalue weighted by atomic mass is 9.99. The molecule has 0 radical (unpaired) electrons. The predicted octanol–water partition coefficient (Wildman–Crippen LogP) is 1.38. The Morgan fingerprint density at radius 1 is 1.33 bits per heavy atom. The Kier molecular flexibility index (Phi) is 5.46. The largest absolute Gasteiger partial charge is 0.481 e. The lowest BCUT2D eigenvalue weighted by Gasteiger charge is -2.13. The van der Waals surface area contributed by atoms with Crippen LogP contribution in [0.1, 0.15) is 24.3 Å². The van der Waals surface area contributed by atoms with Crippen molar-refractivity contribution in [3.8, 4) is 12.3 Å². The molecule has 0 saturated heterocycles. The Morgan fingerprint density at radius 3 is 2.56 bits per heavy atom. The van der Waals surface area contributed by atoms with E-state index in [-0.39, 0.29) is 18.9 Å². The van der Waals surface area contributed by atoms with E-state index in [1.807, 2.05) is 6.07 Å². The number of carbonyl (C=O) groups is 2. The number of amides is 1. The van der Waals surface area contributed by atoms with Crippen LogP contribution < -0.4 is 5.32 Å². The van der Waals surface area contributed by atoms with Crippen molar-refractivity contribution in [2.24, 2.45) is 0 Å². The fourth-order valence-corrected chi connectivity index (χ4v) is 1.52. The zero-order chi connectivity index (χ0) is 13.4. The van der Waals surface area contributed by atoms with Gasteiger partial charge in [0, 0.05) is 19.4 Å². The molecule has 94 valence electrons. The summed E-state index contributed by atoms with van der Waals surface area (Å²) in [7, 11) is 0. The molecule has 0 aromatic heterocycles. The Balaban J connectivity index is 2.58. The molecule has 0 heterocycles. The molecule has 1 aromatic carbocycles. The van der Waals surface area contributed by atoms with E-state index < -0.39 is 11.9 Å². The highest BCUT2D eigenvalue weighted by Gasteiger charge is 2.19. The summed E-state index contributed by atoms with van der Waals surface area (Å²) in [6, 6.07) is 8.81. The van der Waals surface area contributed by atoms with E-state index in [1.165, 1.54) is 0 Å². The van der Waals surface area contributed by atoms with Gasteiger partial charge >= 0.3 is 5.97 Å². The van der Waals surface area contributed by atoms with Gasteiger partial charge in [-0.15, -0.1) is 12.3 Å². The first-order valence-electron chi connectivity index (χ1n) is 5.63. The maximum absolute atomic E-state index is 11.4. The third-order valence-electron chi connectivity index (χ3n) is 2.50. The van der Waals surface area contributed by atoms with E-state index in [2.05, 4.69) is 11.2 Å². The number of terminal acetylenes is 1. The quantitative estimate of drug-likeness (QED) is 0.744. The molecule has 0 fully saturated rings. The number of hydrogen-bond acceptors (Lipinski definition) is 2. The van der Waals surface area contributed by atoms with Crippen molar-refractivity contribution in [2.45, 2.75) is 18.8 Å². The van der Waals surface area contributed by atoms with Crippen LogP contribution in [0.2, 0.25) is 0 Å². The monoisotopic (exact) mass is 245 g/mol. The molecule has 0 aliphatic carbocycles. The van der Waals surface area contributed by atoms with Gasteiger partial charge in [-0.05, 0) is 5.56 Å². The van der Waals surface area contributed by atoms with Crippen LogP contribution in [-0.4, -0.2) is 23.5 Å².